The lowest BCUT2D eigenvalue weighted by molar-refractivity contribution is -0.114. The second-order valence-electron chi connectivity index (χ2n) is 7.19. The third-order valence-corrected chi connectivity index (χ3v) is 5.38. The van der Waals surface area contributed by atoms with Crippen molar-refractivity contribution in [2.75, 3.05) is 18.8 Å². The molecule has 2 fully saturated rings. The minimum absolute atomic E-state index is 0. The molecule has 0 radical (unpaired) electrons. The zero-order valence-corrected chi connectivity index (χ0v) is 14.7. The van der Waals surface area contributed by atoms with Gasteiger partial charge in [-0.25, -0.2) is 0 Å². The van der Waals surface area contributed by atoms with Gasteiger partial charge in [-0.1, -0.05) is 18.2 Å². The first-order chi connectivity index (χ1) is 11.2. The van der Waals surface area contributed by atoms with Crippen LogP contribution in [0, 0.1) is 11.8 Å². The largest absolute Gasteiger partial charge is 0.399 e. The predicted molar refractivity (Wildman–Crippen MR) is 101 cm³/mol. The standard InChI is InChI=1S/C20H24N2O.ClH/c21-19-8-7-15-10-17(6-5-16(15)11-19)20-18(13-23)2-1-9-22(20)12-14-3-4-14;/h5-8,10-11,13-14,18,20H,1-4,9,12,21H2;1H. The van der Waals surface area contributed by atoms with Crippen LogP contribution in [0.15, 0.2) is 36.4 Å². The molecule has 2 aromatic rings. The van der Waals surface area contributed by atoms with Crippen molar-refractivity contribution in [3.63, 3.8) is 0 Å². The molecule has 2 aromatic carbocycles. The Labute approximate surface area is 149 Å². The molecule has 4 heteroatoms. The Morgan fingerprint density at radius 1 is 1.08 bits per heavy atom. The summed E-state index contributed by atoms with van der Waals surface area (Å²) in [5, 5.41) is 2.37. The molecule has 0 aromatic heterocycles. The topological polar surface area (TPSA) is 46.3 Å². The van der Waals surface area contributed by atoms with Crippen molar-refractivity contribution in [1.29, 1.82) is 0 Å². The Kier molecular flexibility index (Phi) is 5.12. The van der Waals surface area contributed by atoms with Crippen LogP contribution in [0.4, 0.5) is 5.69 Å². The first-order valence-corrected chi connectivity index (χ1v) is 8.73. The normalized spacial score (nSPS) is 24.5. The molecule has 4 rings (SSSR count). The number of carbonyl (C=O) groups excluding carboxylic acids is 1. The van der Waals surface area contributed by atoms with Crippen LogP contribution in [0.3, 0.4) is 0 Å². The summed E-state index contributed by atoms with van der Waals surface area (Å²) in [6.07, 6.45) is 6.03. The van der Waals surface area contributed by atoms with Crippen LogP contribution < -0.4 is 5.73 Å². The van der Waals surface area contributed by atoms with E-state index in [0.29, 0.717) is 0 Å². The summed E-state index contributed by atoms with van der Waals surface area (Å²) in [6.45, 7) is 2.26. The van der Waals surface area contributed by atoms with Crippen LogP contribution in [0.25, 0.3) is 10.8 Å². The lowest BCUT2D eigenvalue weighted by Gasteiger charge is -2.40. The van der Waals surface area contributed by atoms with E-state index in [1.54, 1.807) is 0 Å². The highest BCUT2D eigenvalue weighted by atomic mass is 35.5. The van der Waals surface area contributed by atoms with E-state index < -0.39 is 0 Å². The van der Waals surface area contributed by atoms with Gasteiger partial charge in [0.05, 0.1) is 0 Å². The number of benzene rings is 2. The summed E-state index contributed by atoms with van der Waals surface area (Å²) in [6, 6.07) is 12.9. The molecule has 0 spiro atoms. The zero-order chi connectivity index (χ0) is 15.8. The first-order valence-electron chi connectivity index (χ1n) is 8.73. The summed E-state index contributed by atoms with van der Waals surface area (Å²) < 4.78 is 0. The van der Waals surface area contributed by atoms with E-state index in [9.17, 15) is 4.79 Å². The van der Waals surface area contributed by atoms with E-state index in [4.69, 9.17) is 5.73 Å². The number of anilines is 1. The third-order valence-electron chi connectivity index (χ3n) is 5.38. The number of hydrogen-bond acceptors (Lipinski definition) is 3. The number of fused-ring (bicyclic) bond motifs is 1. The molecule has 2 unspecified atom stereocenters. The Bertz CT molecular complexity index is 729. The van der Waals surface area contributed by atoms with E-state index in [-0.39, 0.29) is 24.4 Å². The van der Waals surface area contributed by atoms with Gasteiger partial charge in [0.1, 0.15) is 6.29 Å². The zero-order valence-electron chi connectivity index (χ0n) is 13.9. The number of carbonyl (C=O) groups is 1. The molecule has 1 saturated carbocycles. The lowest BCUT2D eigenvalue weighted by atomic mass is 9.84. The van der Waals surface area contributed by atoms with Crippen molar-refractivity contribution in [1.82, 2.24) is 4.90 Å². The predicted octanol–water partition coefficient (Wildman–Crippen LogP) is 4.21. The van der Waals surface area contributed by atoms with Crippen molar-refractivity contribution in [3.05, 3.63) is 42.0 Å². The molecule has 1 saturated heterocycles. The van der Waals surface area contributed by atoms with E-state index in [1.165, 1.54) is 35.5 Å². The van der Waals surface area contributed by atoms with Gasteiger partial charge in [0.15, 0.2) is 0 Å². The third kappa shape index (κ3) is 3.42. The molecular formula is C20H25ClN2O. The van der Waals surface area contributed by atoms with Gasteiger partial charge in [0.25, 0.3) is 0 Å². The molecular weight excluding hydrogens is 320 g/mol. The number of nitrogens with zero attached hydrogens (tertiary/aromatic N) is 1. The molecule has 2 aliphatic rings. The molecule has 1 aliphatic carbocycles. The summed E-state index contributed by atoms with van der Waals surface area (Å²) in [4.78, 5) is 14.2. The second kappa shape index (κ2) is 7.12. The van der Waals surface area contributed by atoms with Crippen LogP contribution >= 0.6 is 12.4 Å². The van der Waals surface area contributed by atoms with Crippen molar-refractivity contribution in [2.45, 2.75) is 31.7 Å². The molecule has 0 bridgehead atoms. The van der Waals surface area contributed by atoms with Crippen LogP contribution in [-0.4, -0.2) is 24.3 Å². The summed E-state index contributed by atoms with van der Waals surface area (Å²) in [5.74, 6) is 0.969. The number of nitrogens with two attached hydrogens (primary N) is 1. The number of aldehydes is 1. The highest BCUT2D eigenvalue weighted by Crippen LogP contribution is 2.40. The van der Waals surface area contributed by atoms with E-state index in [1.807, 2.05) is 12.1 Å². The number of piperidine rings is 1. The average Bonchev–Trinajstić information content (AvgIpc) is 3.38. The molecule has 1 aliphatic heterocycles. The maximum absolute atomic E-state index is 11.7. The Hall–Kier alpha value is -1.58. The van der Waals surface area contributed by atoms with Crippen molar-refractivity contribution in [3.8, 4) is 0 Å². The molecule has 128 valence electrons. The fourth-order valence-corrected chi connectivity index (χ4v) is 4.00. The number of halogens is 1. The smallest absolute Gasteiger partial charge is 0.124 e. The fraction of sp³-hybridized carbons (Fsp3) is 0.450. The van der Waals surface area contributed by atoms with Crippen LogP contribution in [-0.2, 0) is 4.79 Å². The van der Waals surface area contributed by atoms with Crippen LogP contribution in [0.1, 0.15) is 37.3 Å². The summed E-state index contributed by atoms with van der Waals surface area (Å²) in [7, 11) is 0. The highest BCUT2D eigenvalue weighted by molar-refractivity contribution is 5.86. The molecule has 2 N–H and O–H groups in total. The monoisotopic (exact) mass is 344 g/mol. The van der Waals surface area contributed by atoms with E-state index >= 15 is 0 Å². The van der Waals surface area contributed by atoms with Gasteiger partial charge in [0, 0.05) is 24.2 Å². The molecule has 2 atom stereocenters. The van der Waals surface area contributed by atoms with Gasteiger partial charge in [0.2, 0.25) is 0 Å². The lowest BCUT2D eigenvalue weighted by Crippen LogP contribution is -2.40. The Balaban J connectivity index is 0.00000169. The Morgan fingerprint density at radius 3 is 2.58 bits per heavy atom. The highest BCUT2D eigenvalue weighted by Gasteiger charge is 2.35. The maximum atomic E-state index is 11.7. The second-order valence-corrected chi connectivity index (χ2v) is 7.19. The van der Waals surface area contributed by atoms with E-state index in [2.05, 4.69) is 29.2 Å². The summed E-state index contributed by atoms with van der Waals surface area (Å²) >= 11 is 0. The van der Waals surface area contributed by atoms with Gasteiger partial charge >= 0.3 is 0 Å². The molecule has 0 amide bonds. The Morgan fingerprint density at radius 2 is 1.83 bits per heavy atom. The summed E-state index contributed by atoms with van der Waals surface area (Å²) in [5.41, 5.74) is 7.95. The van der Waals surface area contributed by atoms with E-state index in [0.717, 1.165) is 37.5 Å². The number of likely N-dealkylation sites (tertiary alicyclic amines) is 1. The molecule has 3 nitrogen and oxygen atoms in total. The number of rotatable bonds is 4. The van der Waals surface area contributed by atoms with Crippen LogP contribution in [0.5, 0.6) is 0 Å². The number of hydrogen-bond donors (Lipinski definition) is 1. The minimum atomic E-state index is 0. The van der Waals surface area contributed by atoms with Gasteiger partial charge in [-0.15, -0.1) is 12.4 Å². The maximum Gasteiger partial charge on any atom is 0.124 e. The van der Waals surface area contributed by atoms with Crippen molar-refractivity contribution < 1.29 is 4.79 Å². The van der Waals surface area contributed by atoms with Crippen molar-refractivity contribution in [2.24, 2.45) is 11.8 Å². The quantitative estimate of drug-likeness (QED) is 0.667. The molecule has 1 heterocycles. The average molecular weight is 345 g/mol. The SMILES string of the molecule is Cl.Nc1ccc2cc(C3C(C=O)CCCN3CC3CC3)ccc2c1. The van der Waals surface area contributed by atoms with Gasteiger partial charge < -0.3 is 10.5 Å². The van der Waals surface area contributed by atoms with Crippen molar-refractivity contribution >= 4 is 35.2 Å². The van der Waals surface area contributed by atoms with Gasteiger partial charge in [-0.05, 0) is 72.7 Å². The van der Waals surface area contributed by atoms with Gasteiger partial charge in [-0.2, -0.15) is 0 Å². The minimum Gasteiger partial charge on any atom is -0.399 e. The van der Waals surface area contributed by atoms with Crippen LogP contribution in [0.2, 0.25) is 0 Å². The fourth-order valence-electron chi connectivity index (χ4n) is 4.00. The van der Waals surface area contributed by atoms with Gasteiger partial charge in [-0.3, -0.25) is 4.90 Å². The number of nitrogen functional groups attached to an aromatic ring is 1. The molecule has 24 heavy (non-hydrogen) atoms. The first kappa shape index (κ1) is 17.2.